The lowest BCUT2D eigenvalue weighted by Gasteiger charge is -2.20. The predicted molar refractivity (Wildman–Crippen MR) is 90.5 cm³/mol. The normalized spacial score (nSPS) is 18.1. The van der Waals surface area contributed by atoms with Crippen molar-refractivity contribution >= 4 is 0 Å². The van der Waals surface area contributed by atoms with Gasteiger partial charge in [-0.2, -0.15) is 0 Å². The van der Waals surface area contributed by atoms with E-state index in [0.29, 0.717) is 29.8 Å². The first-order chi connectivity index (χ1) is 12.3. The van der Waals surface area contributed by atoms with Gasteiger partial charge in [-0.3, -0.25) is 4.90 Å². The number of benzene rings is 1. The van der Waals surface area contributed by atoms with Crippen molar-refractivity contribution in [3.63, 3.8) is 0 Å². The second-order valence-electron chi connectivity index (χ2n) is 6.28. The fraction of sp³-hybridized carbons (Fsp3) is 0.389. The van der Waals surface area contributed by atoms with E-state index in [9.17, 15) is 5.11 Å². The summed E-state index contributed by atoms with van der Waals surface area (Å²) in [7, 11) is 0. The lowest BCUT2D eigenvalue weighted by molar-refractivity contribution is 0.144. The lowest BCUT2D eigenvalue weighted by Crippen LogP contribution is -2.31. The highest BCUT2D eigenvalue weighted by Crippen LogP contribution is 2.33. The zero-order valence-corrected chi connectivity index (χ0v) is 14.1. The molecule has 1 aromatic carbocycles. The molecule has 1 atom stereocenters. The largest absolute Gasteiger partial charge is 0.419 e. The van der Waals surface area contributed by atoms with Gasteiger partial charge in [0, 0.05) is 11.6 Å². The van der Waals surface area contributed by atoms with E-state index in [4.69, 9.17) is 8.94 Å². The third-order valence-electron chi connectivity index (χ3n) is 4.64. The molecule has 0 amide bonds. The molecule has 130 valence electrons. The Morgan fingerprint density at radius 3 is 2.88 bits per heavy atom. The Balaban J connectivity index is 1.62. The van der Waals surface area contributed by atoms with Gasteiger partial charge in [-0.25, -0.2) is 0 Å². The number of hydrogen-bond donors (Lipinski definition) is 1. The molecule has 1 fully saturated rings. The van der Waals surface area contributed by atoms with Gasteiger partial charge in [0.05, 0.1) is 13.2 Å². The summed E-state index contributed by atoms with van der Waals surface area (Å²) >= 11 is 0. The summed E-state index contributed by atoms with van der Waals surface area (Å²) in [6, 6.07) is 9.96. The molecule has 0 saturated carbocycles. The molecule has 3 heterocycles. The topological polar surface area (TPSA) is 88.4 Å². The van der Waals surface area contributed by atoms with Crippen LogP contribution in [0.3, 0.4) is 0 Å². The smallest absolute Gasteiger partial charge is 0.253 e. The van der Waals surface area contributed by atoms with E-state index in [2.05, 4.69) is 20.3 Å². The first kappa shape index (κ1) is 16.0. The molecular formula is C18H20N4O3. The second-order valence-corrected chi connectivity index (χ2v) is 6.28. The van der Waals surface area contributed by atoms with Crippen molar-refractivity contribution in [2.24, 2.45) is 0 Å². The van der Waals surface area contributed by atoms with Gasteiger partial charge in [0.25, 0.3) is 5.89 Å². The van der Waals surface area contributed by atoms with Gasteiger partial charge >= 0.3 is 0 Å². The predicted octanol–water partition coefficient (Wildman–Crippen LogP) is 2.66. The molecule has 7 nitrogen and oxygen atoms in total. The molecule has 1 saturated heterocycles. The number of aliphatic hydroxyl groups is 1. The Bertz CT molecular complexity index is 843. The van der Waals surface area contributed by atoms with Gasteiger partial charge in [0.15, 0.2) is 0 Å². The highest BCUT2D eigenvalue weighted by atomic mass is 16.5. The maximum atomic E-state index is 9.44. The minimum Gasteiger partial charge on any atom is -0.419 e. The Morgan fingerprint density at radius 2 is 2.08 bits per heavy atom. The van der Waals surface area contributed by atoms with Crippen LogP contribution in [0.5, 0.6) is 0 Å². The fourth-order valence-electron chi connectivity index (χ4n) is 3.32. The van der Waals surface area contributed by atoms with Crippen LogP contribution < -0.4 is 0 Å². The van der Waals surface area contributed by atoms with Gasteiger partial charge in [0.1, 0.15) is 17.0 Å². The van der Waals surface area contributed by atoms with Crippen LogP contribution in [0.1, 0.15) is 24.5 Å². The maximum absolute atomic E-state index is 9.44. The molecule has 0 aliphatic carbocycles. The monoisotopic (exact) mass is 340 g/mol. The fourth-order valence-corrected chi connectivity index (χ4v) is 3.32. The van der Waals surface area contributed by atoms with Gasteiger partial charge in [-0.05, 0) is 26.3 Å². The Morgan fingerprint density at radius 1 is 1.24 bits per heavy atom. The molecule has 2 aromatic heterocycles. The average molecular weight is 340 g/mol. The van der Waals surface area contributed by atoms with Gasteiger partial charge in [0.2, 0.25) is 5.89 Å². The summed E-state index contributed by atoms with van der Waals surface area (Å²) in [5.74, 6) is 1.59. The van der Waals surface area contributed by atoms with Crippen LogP contribution in [-0.4, -0.2) is 44.6 Å². The summed E-state index contributed by atoms with van der Waals surface area (Å²) in [6.07, 6.45) is 2.08. The lowest BCUT2D eigenvalue weighted by atomic mass is 10.1. The molecule has 7 heteroatoms. The van der Waals surface area contributed by atoms with Crippen molar-refractivity contribution in [1.29, 1.82) is 0 Å². The molecule has 0 radical (unpaired) electrons. The third kappa shape index (κ3) is 3.08. The minimum absolute atomic E-state index is 0.157. The van der Waals surface area contributed by atoms with Gasteiger partial charge in [-0.1, -0.05) is 35.5 Å². The molecular weight excluding hydrogens is 320 g/mol. The van der Waals surface area contributed by atoms with Gasteiger partial charge in [-0.15, -0.1) is 10.2 Å². The van der Waals surface area contributed by atoms with Crippen molar-refractivity contribution in [3.8, 4) is 22.7 Å². The van der Waals surface area contributed by atoms with Crippen LogP contribution in [0.2, 0.25) is 0 Å². The number of likely N-dealkylation sites (tertiary alicyclic amines) is 1. The molecule has 1 aliphatic heterocycles. The molecule has 4 rings (SSSR count). The Labute approximate surface area is 145 Å². The number of rotatable bonds is 5. The molecule has 0 bridgehead atoms. The van der Waals surface area contributed by atoms with Crippen LogP contribution in [0.25, 0.3) is 22.7 Å². The first-order valence-electron chi connectivity index (χ1n) is 8.45. The van der Waals surface area contributed by atoms with E-state index in [-0.39, 0.29) is 12.6 Å². The quantitative estimate of drug-likeness (QED) is 0.764. The minimum atomic E-state index is 0.157. The van der Waals surface area contributed by atoms with Crippen LogP contribution >= 0.6 is 0 Å². The summed E-state index contributed by atoms with van der Waals surface area (Å²) in [5, 5.41) is 22.0. The summed E-state index contributed by atoms with van der Waals surface area (Å²) in [6.45, 7) is 3.47. The Kier molecular flexibility index (Phi) is 4.33. The number of aliphatic hydroxyl groups excluding tert-OH is 1. The van der Waals surface area contributed by atoms with Crippen LogP contribution in [0.15, 0.2) is 39.3 Å². The number of aromatic nitrogens is 3. The van der Waals surface area contributed by atoms with Crippen molar-refractivity contribution in [2.75, 3.05) is 13.2 Å². The van der Waals surface area contributed by atoms with Crippen molar-refractivity contribution in [3.05, 3.63) is 42.0 Å². The van der Waals surface area contributed by atoms with E-state index in [0.717, 1.165) is 30.5 Å². The van der Waals surface area contributed by atoms with Crippen LogP contribution in [0.4, 0.5) is 0 Å². The van der Waals surface area contributed by atoms with Crippen molar-refractivity contribution < 1.29 is 14.0 Å². The highest BCUT2D eigenvalue weighted by Gasteiger charge is 2.27. The molecule has 25 heavy (non-hydrogen) atoms. The van der Waals surface area contributed by atoms with E-state index in [1.807, 2.05) is 37.3 Å². The summed E-state index contributed by atoms with van der Waals surface area (Å²) in [5.41, 5.74) is 2.36. The third-order valence-corrected chi connectivity index (χ3v) is 4.64. The zero-order valence-electron chi connectivity index (χ0n) is 14.1. The van der Waals surface area contributed by atoms with E-state index in [1.54, 1.807) is 0 Å². The molecule has 1 N–H and O–H groups in total. The van der Waals surface area contributed by atoms with Gasteiger partial charge < -0.3 is 14.0 Å². The molecule has 1 aliphatic rings. The van der Waals surface area contributed by atoms with Crippen LogP contribution in [-0.2, 0) is 6.54 Å². The molecule has 3 aromatic rings. The van der Waals surface area contributed by atoms with E-state index < -0.39 is 0 Å². The number of hydrogen-bond acceptors (Lipinski definition) is 7. The average Bonchev–Trinajstić information content (AvgIpc) is 3.36. The van der Waals surface area contributed by atoms with Crippen molar-refractivity contribution in [2.45, 2.75) is 32.4 Å². The zero-order chi connectivity index (χ0) is 17.2. The summed E-state index contributed by atoms with van der Waals surface area (Å²) in [4.78, 5) is 2.18. The van der Waals surface area contributed by atoms with Crippen molar-refractivity contribution in [1.82, 2.24) is 20.3 Å². The SMILES string of the molecule is Cc1onc(-c2ccccc2)c1-c1nnc(CN2CCC[C@@H]2CO)o1. The van der Waals surface area contributed by atoms with Crippen LogP contribution in [0, 0.1) is 6.92 Å². The second kappa shape index (κ2) is 6.78. The maximum Gasteiger partial charge on any atom is 0.253 e. The molecule has 0 unspecified atom stereocenters. The molecule has 0 spiro atoms. The highest BCUT2D eigenvalue weighted by molar-refractivity contribution is 5.77. The van der Waals surface area contributed by atoms with E-state index >= 15 is 0 Å². The standard InChI is InChI=1S/C18H20N4O3/c1-12-16(17(21-25-12)13-6-3-2-4-7-13)18-20-19-15(24-18)10-22-9-5-8-14(22)11-23/h2-4,6-7,14,23H,5,8-11H2,1H3/t14-/m1/s1. The summed E-state index contributed by atoms with van der Waals surface area (Å²) < 4.78 is 11.2. The number of nitrogens with zero attached hydrogens (tertiary/aromatic N) is 4. The number of aryl methyl sites for hydroxylation is 1. The van der Waals surface area contributed by atoms with E-state index in [1.165, 1.54) is 0 Å². The first-order valence-corrected chi connectivity index (χ1v) is 8.45. The Hall–Kier alpha value is -2.51.